The van der Waals surface area contributed by atoms with E-state index in [1.807, 2.05) is 18.3 Å². The predicted molar refractivity (Wildman–Crippen MR) is 143 cm³/mol. The van der Waals surface area contributed by atoms with Crippen LogP contribution in [0.5, 0.6) is 17.2 Å². The minimum absolute atomic E-state index is 0.532. The lowest BCUT2D eigenvalue weighted by molar-refractivity contribution is -0.702. The number of aromatic nitrogens is 2. The normalized spacial score (nSPS) is 13.1. The molecule has 0 N–H and O–H groups in total. The zero-order valence-corrected chi connectivity index (χ0v) is 20.8. The van der Waals surface area contributed by atoms with Crippen LogP contribution in [-0.2, 0) is 13.5 Å². The number of thioether (sulfide) groups is 1. The van der Waals surface area contributed by atoms with Crippen molar-refractivity contribution >= 4 is 55.1 Å². The maximum atomic E-state index is 5.95. The molecule has 0 radical (unpaired) electrons. The molecule has 4 aromatic carbocycles. The molecule has 0 spiro atoms. The summed E-state index contributed by atoms with van der Waals surface area (Å²) in [5, 5.41) is 7.30. The smallest absolute Gasteiger partial charge is 0.292 e. The van der Waals surface area contributed by atoms with Crippen LogP contribution in [0.15, 0.2) is 90.1 Å². The van der Waals surface area contributed by atoms with Crippen molar-refractivity contribution in [1.29, 1.82) is 0 Å². The predicted octanol–water partition coefficient (Wildman–Crippen LogP) is 5.99. The molecule has 36 heavy (non-hydrogen) atoms. The van der Waals surface area contributed by atoms with Gasteiger partial charge in [-0.1, -0.05) is 24.3 Å². The lowest BCUT2D eigenvalue weighted by Gasteiger charge is -2.16. The van der Waals surface area contributed by atoms with Crippen LogP contribution in [-0.4, -0.2) is 13.4 Å². The summed E-state index contributed by atoms with van der Waals surface area (Å²) in [7, 11) is 1.68. The maximum absolute atomic E-state index is 5.95. The number of hydrogen-bond acceptors (Lipinski definition) is 4. The van der Waals surface area contributed by atoms with Crippen molar-refractivity contribution in [2.24, 2.45) is 0 Å². The second kappa shape index (κ2) is 8.28. The van der Waals surface area contributed by atoms with Gasteiger partial charge in [0.15, 0.2) is 29.6 Å². The summed E-state index contributed by atoms with van der Waals surface area (Å²) < 4.78 is 21.5. The Labute approximate surface area is 212 Å². The molecule has 0 saturated heterocycles. The van der Waals surface area contributed by atoms with E-state index in [0.29, 0.717) is 13.5 Å². The van der Waals surface area contributed by atoms with Crippen LogP contribution in [0.4, 0.5) is 0 Å². The second-order valence-electron chi connectivity index (χ2n) is 8.90. The fourth-order valence-electron chi connectivity index (χ4n) is 5.36. The molecule has 0 aliphatic carbocycles. The molecule has 0 amide bonds. The van der Waals surface area contributed by atoms with Crippen molar-refractivity contribution < 1.29 is 23.3 Å². The standard InChI is InChI=1S/C15H12NO2.C15H12NOS/c1-17-12-7-6-10-4-5-11-3-2-8-16-9-18-15(12)13(10)14(11)16;1-18-12-7-6-10-4-5-11-3-2-8-16-9-17-15(12)13(10)14(11)16/h2*2-8H,9H2,1H3/q2*+1. The number of hydrogen-bond donors (Lipinski definition) is 0. The van der Waals surface area contributed by atoms with Gasteiger partial charge in [0.1, 0.15) is 5.39 Å². The van der Waals surface area contributed by atoms with Crippen LogP contribution in [0.25, 0.3) is 43.4 Å². The quantitative estimate of drug-likeness (QED) is 0.169. The molecule has 0 bridgehead atoms. The van der Waals surface area contributed by atoms with Gasteiger partial charge in [-0.25, -0.2) is 0 Å². The van der Waals surface area contributed by atoms with Crippen molar-refractivity contribution in [3.63, 3.8) is 0 Å². The van der Waals surface area contributed by atoms with E-state index in [9.17, 15) is 0 Å². The van der Waals surface area contributed by atoms with E-state index in [4.69, 9.17) is 14.2 Å². The fraction of sp³-hybridized carbons (Fsp3) is 0.133. The summed E-state index contributed by atoms with van der Waals surface area (Å²) in [5.41, 5.74) is 2.50. The zero-order chi connectivity index (χ0) is 24.2. The lowest BCUT2D eigenvalue weighted by atomic mass is 10.0. The van der Waals surface area contributed by atoms with E-state index in [1.165, 1.54) is 42.9 Å². The highest BCUT2D eigenvalue weighted by Gasteiger charge is 2.25. The average molecular weight is 493 g/mol. The Morgan fingerprint density at radius 2 is 1.19 bits per heavy atom. The molecule has 176 valence electrons. The molecule has 5 nitrogen and oxygen atoms in total. The Balaban J connectivity index is 0.000000122. The molecule has 8 rings (SSSR count). The Hall–Kier alpha value is -4.03. The van der Waals surface area contributed by atoms with Gasteiger partial charge in [0.05, 0.1) is 17.4 Å². The molecule has 6 aromatic rings. The van der Waals surface area contributed by atoms with E-state index < -0.39 is 0 Å². The molecular weight excluding hydrogens is 468 g/mol. The topological polar surface area (TPSA) is 35.5 Å². The first-order valence-electron chi connectivity index (χ1n) is 11.9. The first-order valence-corrected chi connectivity index (χ1v) is 13.1. The highest BCUT2D eigenvalue weighted by atomic mass is 32.2. The molecular formula is C30H24N2O3S+2. The van der Waals surface area contributed by atoms with Gasteiger partial charge in [-0.05, 0) is 53.4 Å². The van der Waals surface area contributed by atoms with Gasteiger partial charge in [0.25, 0.3) is 13.5 Å². The fourth-order valence-corrected chi connectivity index (χ4v) is 5.91. The molecule has 0 unspecified atom stereocenters. The van der Waals surface area contributed by atoms with Crippen molar-refractivity contribution in [1.82, 2.24) is 0 Å². The van der Waals surface area contributed by atoms with E-state index in [2.05, 4.69) is 82.3 Å². The maximum Gasteiger partial charge on any atom is 0.292 e. The van der Waals surface area contributed by atoms with E-state index in [0.717, 1.165) is 22.6 Å². The van der Waals surface area contributed by atoms with Crippen LogP contribution in [0.3, 0.4) is 0 Å². The summed E-state index contributed by atoms with van der Waals surface area (Å²) in [5.74, 6) is 2.69. The van der Waals surface area contributed by atoms with Crippen molar-refractivity contribution in [3.8, 4) is 17.2 Å². The molecule has 6 heteroatoms. The highest BCUT2D eigenvalue weighted by molar-refractivity contribution is 7.98. The Kier molecular flexibility index (Phi) is 4.89. The van der Waals surface area contributed by atoms with E-state index in [-0.39, 0.29) is 0 Å². The van der Waals surface area contributed by atoms with Crippen molar-refractivity contribution in [2.75, 3.05) is 13.4 Å². The van der Waals surface area contributed by atoms with Gasteiger partial charge in [-0.2, -0.15) is 9.13 Å². The van der Waals surface area contributed by atoms with Crippen LogP contribution < -0.4 is 23.3 Å². The minimum Gasteiger partial charge on any atom is -0.493 e. The third-order valence-corrected chi connectivity index (χ3v) is 7.77. The molecule has 0 fully saturated rings. The second-order valence-corrected chi connectivity index (χ2v) is 9.75. The van der Waals surface area contributed by atoms with Crippen LogP contribution in [0, 0.1) is 0 Å². The molecule has 0 atom stereocenters. The van der Waals surface area contributed by atoms with E-state index >= 15 is 0 Å². The van der Waals surface area contributed by atoms with Gasteiger partial charge >= 0.3 is 0 Å². The summed E-state index contributed by atoms with van der Waals surface area (Å²) >= 11 is 1.74. The van der Waals surface area contributed by atoms with Gasteiger partial charge in [0.2, 0.25) is 11.0 Å². The Morgan fingerprint density at radius 1 is 0.667 bits per heavy atom. The average Bonchev–Trinajstić information content (AvgIpc) is 2.95. The Morgan fingerprint density at radius 3 is 1.81 bits per heavy atom. The summed E-state index contributed by atoms with van der Waals surface area (Å²) in [6, 6.07) is 25.4. The summed E-state index contributed by atoms with van der Waals surface area (Å²) in [6.45, 7) is 1.13. The minimum atomic E-state index is 0.532. The molecule has 2 aliphatic heterocycles. The van der Waals surface area contributed by atoms with Crippen molar-refractivity contribution in [3.05, 3.63) is 85.2 Å². The van der Waals surface area contributed by atoms with Crippen LogP contribution in [0.2, 0.25) is 0 Å². The third kappa shape index (κ3) is 3.11. The first kappa shape index (κ1) is 21.3. The number of ether oxygens (including phenoxy) is 3. The number of nitrogens with zero attached hydrogens (tertiary/aromatic N) is 2. The van der Waals surface area contributed by atoms with E-state index in [1.54, 1.807) is 18.9 Å². The number of pyridine rings is 2. The van der Waals surface area contributed by atoms with Crippen LogP contribution >= 0.6 is 11.8 Å². The monoisotopic (exact) mass is 492 g/mol. The van der Waals surface area contributed by atoms with Gasteiger partial charge < -0.3 is 14.2 Å². The summed E-state index contributed by atoms with van der Waals surface area (Å²) in [6.07, 6.45) is 6.22. The molecule has 4 heterocycles. The zero-order valence-electron chi connectivity index (χ0n) is 20.0. The highest BCUT2D eigenvalue weighted by Crippen LogP contribution is 2.41. The molecule has 0 saturated carbocycles. The largest absolute Gasteiger partial charge is 0.493 e. The lowest BCUT2D eigenvalue weighted by Crippen LogP contribution is -2.39. The third-order valence-electron chi connectivity index (χ3n) is 7.01. The number of methoxy groups -OCH3 is 1. The SMILES string of the molecule is COc1ccc2ccc3ccc[n+]4c3c2c1OC4.CSc1ccc2ccc3ccc[n+]4c3c2c1OC4. The first-order chi connectivity index (χ1) is 17.8. The van der Waals surface area contributed by atoms with Gasteiger partial charge in [0, 0.05) is 22.9 Å². The van der Waals surface area contributed by atoms with Gasteiger partial charge in [-0.3, -0.25) is 0 Å². The molecule has 2 aliphatic rings. The number of rotatable bonds is 2. The van der Waals surface area contributed by atoms with Crippen molar-refractivity contribution in [2.45, 2.75) is 18.4 Å². The number of benzene rings is 4. The Bertz CT molecular complexity index is 1700. The summed E-state index contributed by atoms with van der Waals surface area (Å²) in [4.78, 5) is 1.21. The van der Waals surface area contributed by atoms with Crippen LogP contribution in [0.1, 0.15) is 0 Å². The van der Waals surface area contributed by atoms with Gasteiger partial charge in [-0.15, -0.1) is 11.8 Å². The molecule has 2 aromatic heterocycles.